The summed E-state index contributed by atoms with van der Waals surface area (Å²) in [6.45, 7) is 2.09. The van der Waals surface area contributed by atoms with Crippen molar-refractivity contribution in [3.05, 3.63) is 35.9 Å². The first-order valence-electron chi connectivity index (χ1n) is 13.9. The van der Waals surface area contributed by atoms with Gasteiger partial charge in [0, 0.05) is 33.8 Å². The van der Waals surface area contributed by atoms with Crippen LogP contribution in [-0.2, 0) is 61.9 Å². The Kier molecular flexibility index (Phi) is 12.6. The third-order valence-corrected chi connectivity index (χ3v) is 6.66. The lowest BCUT2D eigenvalue weighted by atomic mass is 9.98. The van der Waals surface area contributed by atoms with E-state index >= 15 is 0 Å². The second kappa shape index (κ2) is 15.9. The predicted molar refractivity (Wildman–Crippen MR) is 148 cm³/mol. The highest BCUT2D eigenvalue weighted by atomic mass is 16.8. The summed E-state index contributed by atoms with van der Waals surface area (Å²) in [5.41, 5.74) is 0.567. The molecule has 2 aliphatic rings. The zero-order chi connectivity index (χ0) is 34.2. The number of hydrogen-bond acceptors (Lipinski definition) is 17. The summed E-state index contributed by atoms with van der Waals surface area (Å²) < 4.78 is 42.8. The molecule has 2 fully saturated rings. The van der Waals surface area contributed by atoms with Crippen molar-refractivity contribution in [2.45, 2.75) is 82.5 Å². The summed E-state index contributed by atoms with van der Waals surface area (Å²) in [5.74, 6) is -6.66. The van der Waals surface area contributed by atoms with Crippen molar-refractivity contribution < 1.29 is 82.3 Å². The van der Waals surface area contributed by atoms with E-state index in [0.717, 1.165) is 33.8 Å². The van der Waals surface area contributed by atoms with Crippen LogP contribution in [0.5, 0.6) is 5.75 Å². The normalized spacial score (nSPS) is 30.8. The molecule has 0 unspecified atom stereocenters. The fourth-order valence-corrected chi connectivity index (χ4v) is 4.59. The van der Waals surface area contributed by atoms with Crippen LogP contribution < -0.4 is 0 Å². The lowest BCUT2D eigenvalue weighted by Crippen LogP contribution is -2.64. The Labute approximate surface area is 262 Å². The van der Waals surface area contributed by atoms with Gasteiger partial charge in [-0.2, -0.15) is 0 Å². The number of ether oxygens (including phenoxy) is 8. The van der Waals surface area contributed by atoms with Crippen molar-refractivity contribution in [3.63, 3.8) is 0 Å². The van der Waals surface area contributed by atoms with Crippen LogP contribution in [0, 0.1) is 0 Å². The fraction of sp³-hybridized carbons (Fsp3) is 0.552. The van der Waals surface area contributed by atoms with Crippen molar-refractivity contribution >= 4 is 35.9 Å². The number of aliphatic hydroxyl groups excluding tert-OH is 3. The molecule has 0 aliphatic carbocycles. The third-order valence-electron chi connectivity index (χ3n) is 6.66. The number of aliphatic hydroxyl groups is 3. The molecular weight excluding hydrogens is 620 g/mol. The van der Waals surface area contributed by atoms with Gasteiger partial charge in [0.05, 0.1) is 0 Å². The van der Waals surface area contributed by atoms with Crippen molar-refractivity contribution in [1.29, 1.82) is 0 Å². The molecule has 2 aliphatic heterocycles. The van der Waals surface area contributed by atoms with E-state index in [0.29, 0.717) is 5.56 Å². The van der Waals surface area contributed by atoms with Gasteiger partial charge in [-0.1, -0.05) is 12.1 Å². The van der Waals surface area contributed by atoms with Gasteiger partial charge in [-0.15, -0.1) is 0 Å². The highest BCUT2D eigenvalue weighted by Gasteiger charge is 2.60. The predicted octanol–water partition coefficient (Wildman–Crippen LogP) is -1.14. The molecule has 0 saturated carbocycles. The Morgan fingerprint density at radius 2 is 1.37 bits per heavy atom. The Morgan fingerprint density at radius 1 is 0.783 bits per heavy atom. The van der Waals surface area contributed by atoms with Gasteiger partial charge in [-0.25, -0.2) is 4.79 Å². The highest BCUT2D eigenvalue weighted by Crippen LogP contribution is 2.38. The summed E-state index contributed by atoms with van der Waals surface area (Å²) >= 11 is 0. The molecule has 1 aromatic rings. The number of hydrogen-bond donors (Lipinski definition) is 4. The van der Waals surface area contributed by atoms with E-state index in [9.17, 15) is 44.4 Å². The van der Waals surface area contributed by atoms with E-state index < -0.39 is 104 Å². The topological polar surface area (TPSA) is 240 Å². The number of benzene rings is 1. The molecule has 3 rings (SSSR count). The van der Waals surface area contributed by atoms with Crippen LogP contribution >= 0.6 is 0 Å². The molecule has 2 heterocycles. The molecule has 46 heavy (non-hydrogen) atoms. The average Bonchev–Trinajstić information content (AvgIpc) is 3.21. The Bertz CT molecular complexity index is 1280. The monoisotopic (exact) mass is 656 g/mol. The molecule has 0 bridgehead atoms. The second-order valence-corrected chi connectivity index (χ2v) is 10.3. The van der Waals surface area contributed by atoms with Gasteiger partial charge < -0.3 is 58.3 Å². The summed E-state index contributed by atoms with van der Waals surface area (Å²) in [4.78, 5) is 59.3. The minimum absolute atomic E-state index is 0.0299. The van der Waals surface area contributed by atoms with E-state index in [-0.39, 0.29) is 5.75 Å². The zero-order valence-electron chi connectivity index (χ0n) is 25.3. The molecule has 2 saturated heterocycles. The van der Waals surface area contributed by atoms with Crippen LogP contribution in [0.4, 0.5) is 0 Å². The quantitative estimate of drug-likeness (QED) is 0.118. The Balaban J connectivity index is 1.84. The minimum atomic E-state index is -2.46. The lowest BCUT2D eigenvalue weighted by Gasteiger charge is -2.45. The first-order chi connectivity index (χ1) is 21.6. The summed E-state index contributed by atoms with van der Waals surface area (Å²) in [5, 5.41) is 42.4. The minimum Gasteiger partial charge on any atom is -0.508 e. The molecule has 17 heteroatoms. The van der Waals surface area contributed by atoms with Gasteiger partial charge in [0.25, 0.3) is 0 Å². The standard InChI is InChI=1S/C29H36O17/c1-14(30)39-12-21-25(42-16(3)32)26(43-17(4)33)24(37)28(44-21)46-29(13-41-15(2)31)27(38)23(36)20(45-29)11-40-22(35)10-7-18-5-8-19(34)9-6-18/h5-10,20-21,23-28,34,36-38H,11-13H2,1-4H3/b10-7+/t20-,21-,23-,24-,25-,26-,27+,28-,29+/m1/s1. The molecule has 0 amide bonds. The van der Waals surface area contributed by atoms with E-state index in [4.69, 9.17) is 37.9 Å². The van der Waals surface area contributed by atoms with E-state index in [1.807, 2.05) is 0 Å². The summed E-state index contributed by atoms with van der Waals surface area (Å²) in [7, 11) is 0. The van der Waals surface area contributed by atoms with Gasteiger partial charge in [-0.3, -0.25) is 19.2 Å². The molecule has 4 N–H and O–H groups in total. The molecule has 254 valence electrons. The highest BCUT2D eigenvalue weighted by molar-refractivity contribution is 5.87. The van der Waals surface area contributed by atoms with Crippen LogP contribution in [-0.4, -0.2) is 125 Å². The number of phenolic OH excluding ortho intramolecular Hbond substituents is 1. The van der Waals surface area contributed by atoms with Crippen molar-refractivity contribution in [3.8, 4) is 5.75 Å². The van der Waals surface area contributed by atoms with Gasteiger partial charge in [0.2, 0.25) is 5.79 Å². The smallest absolute Gasteiger partial charge is 0.330 e. The lowest BCUT2D eigenvalue weighted by molar-refractivity contribution is -0.384. The van der Waals surface area contributed by atoms with Gasteiger partial charge >= 0.3 is 29.8 Å². The molecule has 17 nitrogen and oxygen atoms in total. The summed E-state index contributed by atoms with van der Waals surface area (Å²) in [6, 6.07) is 5.90. The average molecular weight is 657 g/mol. The van der Waals surface area contributed by atoms with Gasteiger partial charge in [0.1, 0.15) is 56.1 Å². The van der Waals surface area contributed by atoms with Crippen molar-refractivity contribution in [1.82, 2.24) is 0 Å². The third kappa shape index (κ3) is 9.68. The molecule has 0 aromatic heterocycles. The van der Waals surface area contributed by atoms with E-state index in [1.54, 1.807) is 12.1 Å². The van der Waals surface area contributed by atoms with Crippen LogP contribution in [0.2, 0.25) is 0 Å². The number of carbonyl (C=O) groups excluding carboxylic acids is 5. The van der Waals surface area contributed by atoms with Crippen LogP contribution in [0.3, 0.4) is 0 Å². The van der Waals surface area contributed by atoms with E-state index in [2.05, 4.69) is 0 Å². The number of aromatic hydroxyl groups is 1. The molecule has 0 radical (unpaired) electrons. The second-order valence-electron chi connectivity index (χ2n) is 10.3. The van der Waals surface area contributed by atoms with Crippen LogP contribution in [0.25, 0.3) is 6.08 Å². The largest absolute Gasteiger partial charge is 0.508 e. The maximum atomic E-state index is 12.3. The van der Waals surface area contributed by atoms with E-state index in [1.165, 1.54) is 18.2 Å². The number of esters is 5. The first kappa shape index (κ1) is 36.3. The molecule has 1 aromatic carbocycles. The van der Waals surface area contributed by atoms with Gasteiger partial charge in [0.15, 0.2) is 18.5 Å². The van der Waals surface area contributed by atoms with Gasteiger partial charge in [-0.05, 0) is 23.8 Å². The van der Waals surface area contributed by atoms with Crippen molar-refractivity contribution in [2.24, 2.45) is 0 Å². The number of rotatable bonds is 12. The fourth-order valence-electron chi connectivity index (χ4n) is 4.59. The van der Waals surface area contributed by atoms with Crippen LogP contribution in [0.1, 0.15) is 33.3 Å². The molecule has 0 spiro atoms. The zero-order valence-corrected chi connectivity index (χ0v) is 25.3. The van der Waals surface area contributed by atoms with Crippen LogP contribution in [0.15, 0.2) is 30.3 Å². The Hall–Kier alpha value is -4.13. The Morgan fingerprint density at radius 3 is 1.96 bits per heavy atom. The number of phenols is 1. The molecule has 9 atom stereocenters. The first-order valence-corrected chi connectivity index (χ1v) is 13.9. The maximum Gasteiger partial charge on any atom is 0.330 e. The maximum absolute atomic E-state index is 12.3. The molecular formula is C29H36O17. The summed E-state index contributed by atoms with van der Waals surface area (Å²) in [6.07, 6.45) is -11.2. The van der Waals surface area contributed by atoms with Crippen molar-refractivity contribution in [2.75, 3.05) is 19.8 Å². The number of carbonyl (C=O) groups is 5. The SMILES string of the molecule is CC(=O)OC[C@H]1O[C@H](O[C@]2(COC(C)=O)O[C@H](COC(=O)/C=C/c3ccc(O)cc3)[C@@H](O)[C@@H]2O)[C@H](O)[C@@H](OC(C)=O)[C@@H]1OC(C)=O.